The molecule has 4 rings (SSSR count). The van der Waals surface area contributed by atoms with Crippen LogP contribution in [0.3, 0.4) is 0 Å². The van der Waals surface area contributed by atoms with Crippen molar-refractivity contribution >= 4 is 40.0 Å². The Morgan fingerprint density at radius 1 is 1.02 bits per heavy atom. The lowest BCUT2D eigenvalue weighted by atomic mass is 9.94. The largest absolute Gasteiger partial charge is 0.444 e. The molecule has 0 spiro atoms. The molecule has 3 aromatic carbocycles. The number of hydrogen-bond donors (Lipinski definition) is 4. The summed E-state index contributed by atoms with van der Waals surface area (Å²) < 4.78 is 5.36. The molecule has 0 saturated carbocycles. The zero-order chi connectivity index (χ0) is 31.9. The first-order valence-electron chi connectivity index (χ1n) is 14.3. The van der Waals surface area contributed by atoms with E-state index < -0.39 is 22.7 Å². The number of aliphatic hydroxyl groups excluding tert-OH is 1. The fraction of sp³-hybridized carbons (Fsp3) is 0.303. The van der Waals surface area contributed by atoms with Gasteiger partial charge in [0.1, 0.15) is 17.5 Å². The highest BCUT2D eigenvalue weighted by Gasteiger charge is 2.22. The van der Waals surface area contributed by atoms with Gasteiger partial charge in [-0.3, -0.25) is 20.2 Å². The minimum absolute atomic E-state index is 0.00394. The Labute approximate surface area is 255 Å². The van der Waals surface area contributed by atoms with Gasteiger partial charge in [-0.05, 0) is 73.5 Å². The number of anilines is 2. The number of aromatic nitrogens is 1. The Hall–Kier alpha value is -5.03. The lowest BCUT2D eigenvalue weighted by molar-refractivity contribution is -0.384. The minimum Gasteiger partial charge on any atom is -0.444 e. The smallest absolute Gasteiger partial charge is 0.413 e. The topological polar surface area (TPSA) is 156 Å². The molecule has 1 heterocycles. The SMILES string of the molecule is CCC(CO)c1ccc(C(Nc2ccc3c(NC(=O)OC(C)(C)C)nccc3c2)C(=O)NCc2cccc([N+](=O)[O-])c2)cc1. The van der Waals surface area contributed by atoms with Gasteiger partial charge in [-0.1, -0.05) is 43.3 Å². The highest BCUT2D eigenvalue weighted by Crippen LogP contribution is 2.29. The van der Waals surface area contributed by atoms with Crippen LogP contribution in [0.25, 0.3) is 10.8 Å². The van der Waals surface area contributed by atoms with Gasteiger partial charge in [0.15, 0.2) is 0 Å². The summed E-state index contributed by atoms with van der Waals surface area (Å²) >= 11 is 0. The molecule has 2 amide bonds. The van der Waals surface area contributed by atoms with Crippen molar-refractivity contribution < 1.29 is 24.4 Å². The summed E-state index contributed by atoms with van der Waals surface area (Å²) in [6, 6.07) is 20.1. The number of benzene rings is 3. The van der Waals surface area contributed by atoms with Gasteiger partial charge in [0.25, 0.3) is 5.69 Å². The fourth-order valence-corrected chi connectivity index (χ4v) is 4.74. The maximum atomic E-state index is 13.6. The minimum atomic E-state index is -0.810. The number of amides is 2. The van der Waals surface area contributed by atoms with Gasteiger partial charge >= 0.3 is 6.09 Å². The molecular formula is C33H37N5O6. The van der Waals surface area contributed by atoms with Crippen molar-refractivity contribution in [1.82, 2.24) is 10.3 Å². The molecule has 4 N–H and O–H groups in total. The van der Waals surface area contributed by atoms with Crippen LogP contribution in [-0.4, -0.2) is 39.2 Å². The van der Waals surface area contributed by atoms with Crippen LogP contribution in [0.5, 0.6) is 0 Å². The standard InChI is InChI=1S/C33H37N5O6/c1-5-22(20-39)23-9-11-24(12-10-23)29(31(40)35-19-21-7-6-8-27(17-21)38(42)43)36-26-13-14-28-25(18-26)15-16-34-30(28)37-32(41)44-33(2,3)4/h6-18,22,29,36,39H,5,19-20H2,1-4H3,(H,35,40)(H,34,37,41). The summed E-state index contributed by atoms with van der Waals surface area (Å²) in [4.78, 5) is 41.0. The second-order valence-corrected chi connectivity index (χ2v) is 11.4. The van der Waals surface area contributed by atoms with Gasteiger partial charge in [-0.15, -0.1) is 0 Å². The molecule has 11 heteroatoms. The van der Waals surface area contributed by atoms with Gasteiger partial charge in [0.2, 0.25) is 5.91 Å². The van der Waals surface area contributed by atoms with Crippen LogP contribution in [0.15, 0.2) is 79.0 Å². The molecule has 0 saturated heterocycles. The Morgan fingerprint density at radius 3 is 2.41 bits per heavy atom. The lowest BCUT2D eigenvalue weighted by Crippen LogP contribution is -2.33. The number of fused-ring (bicyclic) bond motifs is 1. The van der Waals surface area contributed by atoms with Crippen molar-refractivity contribution in [3.63, 3.8) is 0 Å². The monoisotopic (exact) mass is 599 g/mol. The summed E-state index contributed by atoms with van der Waals surface area (Å²) in [7, 11) is 0. The highest BCUT2D eigenvalue weighted by atomic mass is 16.6. The van der Waals surface area contributed by atoms with Crippen LogP contribution in [0.2, 0.25) is 0 Å². The quantitative estimate of drug-likeness (QED) is 0.113. The van der Waals surface area contributed by atoms with E-state index in [9.17, 15) is 24.8 Å². The number of nitro benzene ring substituents is 1. The van der Waals surface area contributed by atoms with E-state index in [4.69, 9.17) is 4.74 Å². The maximum absolute atomic E-state index is 13.6. The average Bonchev–Trinajstić information content (AvgIpc) is 2.99. The van der Waals surface area contributed by atoms with Crippen molar-refractivity contribution in [3.05, 3.63) is 106 Å². The van der Waals surface area contributed by atoms with E-state index in [1.54, 1.807) is 57.3 Å². The predicted octanol–water partition coefficient (Wildman–Crippen LogP) is 6.45. The third-order valence-electron chi connectivity index (χ3n) is 7.00. The van der Waals surface area contributed by atoms with E-state index >= 15 is 0 Å². The van der Waals surface area contributed by atoms with Crippen molar-refractivity contribution in [2.75, 3.05) is 17.2 Å². The Bertz CT molecular complexity index is 1630. The van der Waals surface area contributed by atoms with Crippen LogP contribution >= 0.6 is 0 Å². The summed E-state index contributed by atoms with van der Waals surface area (Å²) in [5.41, 5.74) is 2.19. The molecule has 2 unspecified atom stereocenters. The van der Waals surface area contributed by atoms with E-state index in [2.05, 4.69) is 20.9 Å². The maximum Gasteiger partial charge on any atom is 0.413 e. The molecule has 2 atom stereocenters. The van der Waals surface area contributed by atoms with Crippen LogP contribution in [0, 0.1) is 10.1 Å². The molecule has 44 heavy (non-hydrogen) atoms. The summed E-state index contributed by atoms with van der Waals surface area (Å²) in [5, 5.41) is 31.3. The second kappa shape index (κ2) is 14.0. The lowest BCUT2D eigenvalue weighted by Gasteiger charge is -2.22. The number of ether oxygens (including phenoxy) is 1. The number of aliphatic hydroxyl groups is 1. The summed E-state index contributed by atoms with van der Waals surface area (Å²) in [6.45, 7) is 7.46. The molecule has 1 aromatic heterocycles. The Balaban J connectivity index is 1.60. The molecule has 230 valence electrons. The number of rotatable bonds is 11. The number of carbonyl (C=O) groups is 2. The normalized spacial score (nSPS) is 12.7. The van der Waals surface area contributed by atoms with E-state index in [0.717, 1.165) is 17.4 Å². The molecule has 0 aliphatic carbocycles. The first-order chi connectivity index (χ1) is 21.0. The number of nitro groups is 1. The molecule has 0 aliphatic heterocycles. The third-order valence-corrected chi connectivity index (χ3v) is 7.00. The van der Waals surface area contributed by atoms with Crippen LogP contribution in [0.1, 0.15) is 62.8 Å². The average molecular weight is 600 g/mol. The zero-order valence-corrected chi connectivity index (χ0v) is 25.2. The van der Waals surface area contributed by atoms with E-state index in [-0.39, 0.29) is 30.7 Å². The highest BCUT2D eigenvalue weighted by molar-refractivity contribution is 5.99. The molecule has 0 radical (unpaired) electrons. The number of carbonyl (C=O) groups excluding carboxylic acids is 2. The molecule has 0 bridgehead atoms. The van der Waals surface area contributed by atoms with Crippen LogP contribution in [0.4, 0.5) is 22.0 Å². The predicted molar refractivity (Wildman–Crippen MR) is 169 cm³/mol. The molecule has 0 fully saturated rings. The first-order valence-corrected chi connectivity index (χ1v) is 14.3. The van der Waals surface area contributed by atoms with E-state index in [0.29, 0.717) is 28.0 Å². The number of non-ortho nitro benzene ring substituents is 1. The third kappa shape index (κ3) is 8.29. The molecule has 0 aliphatic rings. The van der Waals surface area contributed by atoms with Crippen molar-refractivity contribution in [3.8, 4) is 0 Å². The number of nitrogens with zero attached hydrogens (tertiary/aromatic N) is 2. The number of pyridine rings is 1. The van der Waals surface area contributed by atoms with Crippen molar-refractivity contribution in [2.45, 2.75) is 58.2 Å². The Kier molecular flexibility index (Phi) is 10.1. The number of nitrogens with one attached hydrogen (secondary N) is 3. The second-order valence-electron chi connectivity index (χ2n) is 11.4. The van der Waals surface area contributed by atoms with Crippen molar-refractivity contribution in [2.24, 2.45) is 0 Å². The number of hydrogen-bond acceptors (Lipinski definition) is 8. The first kappa shape index (κ1) is 31.9. The molecule has 11 nitrogen and oxygen atoms in total. The van der Waals surface area contributed by atoms with Crippen molar-refractivity contribution in [1.29, 1.82) is 0 Å². The van der Waals surface area contributed by atoms with Gasteiger partial charge in [-0.2, -0.15) is 0 Å². The zero-order valence-electron chi connectivity index (χ0n) is 25.2. The van der Waals surface area contributed by atoms with Gasteiger partial charge < -0.3 is 20.5 Å². The van der Waals surface area contributed by atoms with Gasteiger partial charge in [0, 0.05) is 48.5 Å². The Morgan fingerprint density at radius 2 is 1.75 bits per heavy atom. The van der Waals surface area contributed by atoms with E-state index in [1.807, 2.05) is 37.3 Å². The molecule has 4 aromatic rings. The van der Waals surface area contributed by atoms with Gasteiger partial charge in [0.05, 0.1) is 4.92 Å². The van der Waals surface area contributed by atoms with Gasteiger partial charge in [-0.25, -0.2) is 9.78 Å². The van der Waals surface area contributed by atoms with Crippen LogP contribution in [-0.2, 0) is 16.1 Å². The van der Waals surface area contributed by atoms with E-state index in [1.165, 1.54) is 12.1 Å². The van der Waals surface area contributed by atoms with Crippen LogP contribution < -0.4 is 16.0 Å². The summed E-state index contributed by atoms with van der Waals surface area (Å²) in [6.07, 6.45) is 1.74. The fourth-order valence-electron chi connectivity index (χ4n) is 4.74. The molecular weight excluding hydrogens is 562 g/mol. The summed E-state index contributed by atoms with van der Waals surface area (Å²) in [5.74, 6) is 0.0100.